The summed E-state index contributed by atoms with van der Waals surface area (Å²) in [6.07, 6.45) is 2.91. The Morgan fingerprint density at radius 1 is 1.17 bits per heavy atom. The quantitative estimate of drug-likeness (QED) is 0.535. The molecule has 5 heterocycles. The van der Waals surface area contributed by atoms with E-state index in [0.29, 0.717) is 17.6 Å². The molecule has 1 aliphatic carbocycles. The number of fused-ring (bicyclic) bond motifs is 2. The van der Waals surface area contributed by atoms with Crippen molar-refractivity contribution in [1.82, 2.24) is 0 Å². The summed E-state index contributed by atoms with van der Waals surface area (Å²) in [6.45, 7) is 6.52. The van der Waals surface area contributed by atoms with Gasteiger partial charge < -0.3 is 23.4 Å². The van der Waals surface area contributed by atoms with E-state index >= 15 is 0 Å². The highest BCUT2D eigenvalue weighted by Crippen LogP contribution is 2.60. The first-order valence-corrected chi connectivity index (χ1v) is 10.8. The molecule has 8 atom stereocenters. The zero-order valence-electron chi connectivity index (χ0n) is 17.9. The third-order valence-electron chi connectivity index (χ3n) is 7.54. The second kappa shape index (κ2) is 7.31. The summed E-state index contributed by atoms with van der Waals surface area (Å²) in [4.78, 5) is 23.6. The van der Waals surface area contributed by atoms with Crippen molar-refractivity contribution < 1.29 is 37.9 Å². The predicted molar refractivity (Wildman–Crippen MR) is 102 cm³/mol. The Hall–Kier alpha value is -1.45. The number of esters is 1. The minimum atomic E-state index is -0.806. The largest absolute Gasteiger partial charge is 0.463 e. The van der Waals surface area contributed by atoms with Crippen molar-refractivity contribution in [2.24, 2.45) is 23.7 Å². The summed E-state index contributed by atoms with van der Waals surface area (Å²) in [5, 5.41) is 0. The van der Waals surface area contributed by atoms with Crippen LogP contribution in [-0.2, 0) is 35.3 Å². The first-order valence-electron chi connectivity index (χ1n) is 10.8. The first kappa shape index (κ1) is 20.5. The summed E-state index contributed by atoms with van der Waals surface area (Å²) in [7, 11) is 1.32. The van der Waals surface area contributed by atoms with Crippen molar-refractivity contribution in [2.75, 3.05) is 7.11 Å². The molecule has 2 bridgehead atoms. The number of rotatable bonds is 4. The van der Waals surface area contributed by atoms with Crippen molar-refractivity contribution in [1.29, 1.82) is 0 Å². The molecule has 6 rings (SSSR count). The number of ether oxygens (including phenoxy) is 4. The minimum absolute atomic E-state index is 0.0842. The summed E-state index contributed by atoms with van der Waals surface area (Å²) < 4.78 is 29.0. The molecular weight excluding hydrogens is 392 g/mol. The molecule has 8 nitrogen and oxygen atoms in total. The summed E-state index contributed by atoms with van der Waals surface area (Å²) in [5.74, 6) is 0.496. The zero-order valence-corrected chi connectivity index (χ0v) is 17.9. The Kier molecular flexibility index (Phi) is 4.98. The molecule has 1 aromatic rings. The van der Waals surface area contributed by atoms with Gasteiger partial charge in [-0.15, -0.1) is 0 Å². The number of carbonyl (C=O) groups excluding carboxylic acids is 1. The molecule has 166 valence electrons. The highest BCUT2D eigenvalue weighted by atomic mass is 17.3. The van der Waals surface area contributed by atoms with Crippen molar-refractivity contribution >= 4 is 5.97 Å². The van der Waals surface area contributed by atoms with Gasteiger partial charge in [0.15, 0.2) is 18.2 Å². The fourth-order valence-corrected chi connectivity index (χ4v) is 5.89. The number of furan rings is 1. The van der Waals surface area contributed by atoms with Gasteiger partial charge in [-0.2, -0.15) is 0 Å². The predicted octanol–water partition coefficient (Wildman–Crippen LogP) is 3.79. The van der Waals surface area contributed by atoms with Crippen LogP contribution in [-0.4, -0.2) is 37.0 Å². The average Bonchev–Trinajstić information content (AvgIpc) is 3.09. The van der Waals surface area contributed by atoms with Gasteiger partial charge in [0.1, 0.15) is 12.4 Å². The molecule has 0 aromatic carbocycles. The van der Waals surface area contributed by atoms with Gasteiger partial charge in [0.05, 0.1) is 7.11 Å². The number of methoxy groups -OCH3 is 1. The monoisotopic (exact) mass is 422 g/mol. The van der Waals surface area contributed by atoms with E-state index < -0.39 is 29.9 Å². The van der Waals surface area contributed by atoms with Crippen LogP contribution >= 0.6 is 0 Å². The highest BCUT2D eigenvalue weighted by molar-refractivity contribution is 5.86. The van der Waals surface area contributed by atoms with Crippen LogP contribution in [0.2, 0.25) is 0 Å². The number of hydrogen-bond donors (Lipinski definition) is 0. The Labute approximate surface area is 176 Å². The van der Waals surface area contributed by atoms with Crippen molar-refractivity contribution in [2.45, 2.75) is 77.0 Å². The van der Waals surface area contributed by atoms with E-state index in [9.17, 15) is 4.79 Å². The average molecular weight is 422 g/mol. The van der Waals surface area contributed by atoms with Crippen molar-refractivity contribution in [3.63, 3.8) is 0 Å². The van der Waals surface area contributed by atoms with Crippen LogP contribution in [0.5, 0.6) is 0 Å². The molecule has 5 unspecified atom stereocenters. The molecule has 0 radical (unpaired) electrons. The van der Waals surface area contributed by atoms with E-state index in [1.54, 1.807) is 12.1 Å². The van der Waals surface area contributed by atoms with Gasteiger partial charge in [-0.3, -0.25) is 0 Å². The lowest BCUT2D eigenvalue weighted by atomic mass is 9.58. The third kappa shape index (κ3) is 3.04. The zero-order chi connectivity index (χ0) is 21.1. The van der Waals surface area contributed by atoms with Crippen LogP contribution in [0.25, 0.3) is 0 Å². The second-order valence-electron chi connectivity index (χ2n) is 9.34. The Balaban J connectivity index is 1.36. The summed E-state index contributed by atoms with van der Waals surface area (Å²) in [6, 6.07) is 3.29. The van der Waals surface area contributed by atoms with E-state index in [1.165, 1.54) is 7.11 Å². The van der Waals surface area contributed by atoms with E-state index in [4.69, 9.17) is 28.4 Å². The van der Waals surface area contributed by atoms with Crippen LogP contribution in [0.3, 0.4) is 0 Å². The second-order valence-corrected chi connectivity index (χ2v) is 9.34. The third-order valence-corrected chi connectivity index (χ3v) is 7.54. The molecule has 0 N–H and O–H groups in total. The standard InChI is InChI=1S/C22H30O8/c1-12-5-7-16-13(2)19(25-11-14-6-8-17(26-14)18(23)24-4)27-20-22(16)15(12)9-10-21(3,28-20)29-30-22/h6,8,12-13,15-16,19-20H,5,7,9-11H2,1-4H3/t12-,13-,15?,16?,19?,20?,21+,22?/m1/s1. The smallest absolute Gasteiger partial charge is 0.373 e. The molecule has 4 saturated heterocycles. The maximum atomic E-state index is 11.6. The van der Waals surface area contributed by atoms with E-state index in [2.05, 4.69) is 18.6 Å². The normalized spacial score (nSPS) is 44.9. The fraction of sp³-hybridized carbons (Fsp3) is 0.773. The van der Waals surface area contributed by atoms with Crippen LogP contribution in [0, 0.1) is 23.7 Å². The summed E-state index contributed by atoms with van der Waals surface area (Å²) in [5.41, 5.74) is -0.601. The van der Waals surface area contributed by atoms with E-state index in [0.717, 1.165) is 25.7 Å². The maximum Gasteiger partial charge on any atom is 0.373 e. The van der Waals surface area contributed by atoms with E-state index in [1.807, 2.05) is 6.92 Å². The Morgan fingerprint density at radius 2 is 2.00 bits per heavy atom. The SMILES string of the molecule is COC(=O)c1ccc(COC2OC3O[C@]4(C)CCC5[C@H](C)CCC([C@H]2C)C35OO4)o1. The number of carbonyl (C=O) groups is 1. The van der Waals surface area contributed by atoms with Gasteiger partial charge in [0, 0.05) is 18.3 Å². The number of hydrogen-bond acceptors (Lipinski definition) is 8. The van der Waals surface area contributed by atoms with Gasteiger partial charge in [0.2, 0.25) is 11.5 Å². The molecule has 1 aromatic heterocycles. The molecule has 0 amide bonds. The molecule has 5 aliphatic rings. The Bertz CT molecular complexity index is 807. The van der Waals surface area contributed by atoms with Crippen LogP contribution in [0.4, 0.5) is 0 Å². The van der Waals surface area contributed by atoms with Crippen LogP contribution < -0.4 is 0 Å². The summed E-state index contributed by atoms with van der Waals surface area (Å²) >= 11 is 0. The van der Waals surface area contributed by atoms with Crippen LogP contribution in [0.1, 0.15) is 62.8 Å². The van der Waals surface area contributed by atoms with Crippen LogP contribution in [0.15, 0.2) is 16.5 Å². The molecule has 30 heavy (non-hydrogen) atoms. The van der Waals surface area contributed by atoms with Gasteiger partial charge in [0.25, 0.3) is 0 Å². The first-order chi connectivity index (χ1) is 14.4. The molecule has 5 fully saturated rings. The van der Waals surface area contributed by atoms with Gasteiger partial charge in [-0.1, -0.05) is 13.8 Å². The maximum absolute atomic E-state index is 11.6. The lowest BCUT2D eigenvalue weighted by Gasteiger charge is -2.60. The van der Waals surface area contributed by atoms with Gasteiger partial charge >= 0.3 is 5.97 Å². The van der Waals surface area contributed by atoms with E-state index in [-0.39, 0.29) is 24.2 Å². The highest BCUT2D eigenvalue weighted by Gasteiger charge is 2.69. The van der Waals surface area contributed by atoms with Crippen molar-refractivity contribution in [3.8, 4) is 0 Å². The molecular formula is C22H30O8. The molecule has 8 heteroatoms. The molecule has 4 aliphatic heterocycles. The Morgan fingerprint density at radius 3 is 2.80 bits per heavy atom. The topological polar surface area (TPSA) is 85.6 Å². The molecule has 1 saturated carbocycles. The molecule has 1 spiro atoms. The van der Waals surface area contributed by atoms with Gasteiger partial charge in [-0.05, 0) is 50.2 Å². The van der Waals surface area contributed by atoms with Crippen molar-refractivity contribution in [3.05, 3.63) is 23.7 Å². The minimum Gasteiger partial charge on any atom is -0.463 e. The lowest BCUT2D eigenvalue weighted by molar-refractivity contribution is -0.577. The lowest BCUT2D eigenvalue weighted by Crippen LogP contribution is -2.70. The van der Waals surface area contributed by atoms with Gasteiger partial charge in [-0.25, -0.2) is 14.6 Å². The fourth-order valence-electron chi connectivity index (χ4n) is 5.89.